The van der Waals surface area contributed by atoms with Gasteiger partial charge in [0.2, 0.25) is 5.91 Å². The molecular weight excluding hydrogens is 134 g/mol. The first-order valence-corrected chi connectivity index (χ1v) is 3.10. The van der Waals surface area contributed by atoms with E-state index in [0.717, 1.165) is 0 Å². The van der Waals surface area contributed by atoms with Crippen molar-refractivity contribution in [2.24, 2.45) is 5.73 Å². The van der Waals surface area contributed by atoms with Gasteiger partial charge < -0.3 is 10.5 Å². The largest absolute Gasteiger partial charge is 0.465 e. The summed E-state index contributed by atoms with van der Waals surface area (Å²) in [6, 6.07) is 0. The lowest BCUT2D eigenvalue weighted by atomic mass is 10.4. The van der Waals surface area contributed by atoms with E-state index in [1.54, 1.807) is 6.92 Å². The monoisotopic (exact) mass is 145 g/mol. The number of primary amides is 1. The average molecular weight is 145 g/mol. The van der Waals surface area contributed by atoms with Gasteiger partial charge >= 0.3 is 5.97 Å². The number of rotatable bonds is 4. The molecule has 0 aliphatic rings. The Morgan fingerprint density at radius 3 is 2.50 bits per heavy atom. The molecule has 0 heterocycles. The molecule has 10 heavy (non-hydrogen) atoms. The summed E-state index contributed by atoms with van der Waals surface area (Å²) in [6.45, 7) is 1.79. The molecule has 0 aromatic heterocycles. The van der Waals surface area contributed by atoms with Gasteiger partial charge in [-0.15, -0.1) is 0 Å². The van der Waals surface area contributed by atoms with Crippen LogP contribution in [-0.2, 0) is 14.3 Å². The molecule has 0 aliphatic heterocycles. The van der Waals surface area contributed by atoms with Gasteiger partial charge in [0.05, 0.1) is 6.42 Å². The zero-order valence-electron chi connectivity index (χ0n) is 5.92. The van der Waals surface area contributed by atoms with E-state index in [0.29, 0.717) is 6.42 Å². The Kier molecular flexibility index (Phi) is 4.28. The molecule has 1 amide bonds. The van der Waals surface area contributed by atoms with Crippen LogP contribution in [-0.4, -0.2) is 18.5 Å². The Morgan fingerprint density at radius 2 is 2.10 bits per heavy atom. The molecule has 4 heteroatoms. The highest BCUT2D eigenvalue weighted by Gasteiger charge is 1.98. The van der Waals surface area contributed by atoms with Gasteiger partial charge in [0.25, 0.3) is 0 Å². The number of esters is 1. The van der Waals surface area contributed by atoms with Crippen LogP contribution in [0.1, 0.15) is 19.8 Å². The van der Waals surface area contributed by atoms with Crippen LogP contribution in [0.25, 0.3) is 0 Å². The maximum absolute atomic E-state index is 10.4. The number of carbonyl (C=O) groups is 2. The highest BCUT2D eigenvalue weighted by Crippen LogP contribution is 1.86. The van der Waals surface area contributed by atoms with Gasteiger partial charge in [0, 0.05) is 6.42 Å². The molecule has 0 bridgehead atoms. The summed E-state index contributed by atoms with van der Waals surface area (Å²) in [5, 5.41) is 0. The maximum atomic E-state index is 10.4. The van der Waals surface area contributed by atoms with E-state index in [1.165, 1.54) is 0 Å². The van der Waals surface area contributed by atoms with Gasteiger partial charge in [-0.3, -0.25) is 9.59 Å². The molecule has 58 valence electrons. The Bertz CT molecular complexity index is 133. The minimum absolute atomic E-state index is 0.0992. The predicted molar refractivity (Wildman–Crippen MR) is 35.1 cm³/mol. The quantitative estimate of drug-likeness (QED) is 0.557. The topological polar surface area (TPSA) is 69.4 Å². The number of nitrogens with two attached hydrogens (primary N) is 1. The molecule has 0 radical (unpaired) electrons. The van der Waals surface area contributed by atoms with Gasteiger partial charge in [0.1, 0.15) is 6.61 Å². The summed E-state index contributed by atoms with van der Waals surface area (Å²) < 4.78 is 4.56. The fraction of sp³-hybridized carbons (Fsp3) is 0.667. The van der Waals surface area contributed by atoms with Crippen LogP contribution in [0.5, 0.6) is 0 Å². The fourth-order valence-electron chi connectivity index (χ4n) is 0.368. The summed E-state index contributed by atoms with van der Waals surface area (Å²) in [5.41, 5.74) is 4.79. The van der Waals surface area contributed by atoms with E-state index in [9.17, 15) is 9.59 Å². The van der Waals surface area contributed by atoms with Crippen LogP contribution in [0, 0.1) is 0 Å². The molecule has 0 unspecified atom stereocenters. The third-order valence-electron chi connectivity index (χ3n) is 0.900. The van der Waals surface area contributed by atoms with Crippen molar-refractivity contribution in [3.8, 4) is 0 Å². The highest BCUT2D eigenvalue weighted by molar-refractivity contribution is 5.74. The fourth-order valence-corrected chi connectivity index (χ4v) is 0.368. The van der Waals surface area contributed by atoms with E-state index in [2.05, 4.69) is 4.74 Å². The van der Waals surface area contributed by atoms with Crippen molar-refractivity contribution >= 4 is 11.9 Å². The molecule has 4 nitrogen and oxygen atoms in total. The van der Waals surface area contributed by atoms with Gasteiger partial charge in [-0.25, -0.2) is 0 Å². The van der Waals surface area contributed by atoms with Crippen molar-refractivity contribution in [3.63, 3.8) is 0 Å². The number of ether oxygens (including phenoxy) is 1. The standard InChI is InChI=1S/C6H11NO3/c1-2-6(9)10-4-3-5(7)8/h2-4H2,1H3,(H2,7,8). The minimum atomic E-state index is -0.455. The van der Waals surface area contributed by atoms with Crippen LogP contribution in [0.4, 0.5) is 0 Å². The van der Waals surface area contributed by atoms with Crippen LogP contribution < -0.4 is 5.73 Å². The van der Waals surface area contributed by atoms with Crippen LogP contribution in [0.15, 0.2) is 0 Å². The van der Waals surface area contributed by atoms with E-state index in [4.69, 9.17) is 5.73 Å². The third-order valence-corrected chi connectivity index (χ3v) is 0.900. The van der Waals surface area contributed by atoms with Crippen molar-refractivity contribution < 1.29 is 14.3 Å². The van der Waals surface area contributed by atoms with E-state index in [1.807, 2.05) is 0 Å². The summed E-state index contributed by atoms with van der Waals surface area (Å²) in [6.07, 6.45) is 0.435. The number of hydrogen-bond acceptors (Lipinski definition) is 3. The molecule has 0 aromatic carbocycles. The summed E-state index contributed by atoms with van der Waals surface area (Å²) in [5.74, 6) is -0.759. The lowest BCUT2D eigenvalue weighted by Gasteiger charge is -1.98. The Labute approximate surface area is 59.3 Å². The van der Waals surface area contributed by atoms with Crippen molar-refractivity contribution in [2.45, 2.75) is 19.8 Å². The zero-order valence-corrected chi connectivity index (χ0v) is 5.92. The SMILES string of the molecule is CCC(=O)OCCC(N)=O. The van der Waals surface area contributed by atoms with Crippen molar-refractivity contribution in [2.75, 3.05) is 6.61 Å². The molecule has 0 saturated heterocycles. The molecule has 0 atom stereocenters. The lowest BCUT2D eigenvalue weighted by molar-refractivity contribution is -0.143. The minimum Gasteiger partial charge on any atom is -0.465 e. The highest BCUT2D eigenvalue weighted by atomic mass is 16.5. The second-order valence-electron chi connectivity index (χ2n) is 1.79. The van der Waals surface area contributed by atoms with Gasteiger partial charge in [-0.05, 0) is 0 Å². The smallest absolute Gasteiger partial charge is 0.305 e. The summed E-state index contributed by atoms with van der Waals surface area (Å²) >= 11 is 0. The van der Waals surface area contributed by atoms with Crippen LogP contribution in [0.2, 0.25) is 0 Å². The first-order chi connectivity index (χ1) is 4.66. The lowest BCUT2D eigenvalue weighted by Crippen LogP contribution is -2.15. The van der Waals surface area contributed by atoms with Crippen LogP contribution >= 0.6 is 0 Å². The Morgan fingerprint density at radius 1 is 1.50 bits per heavy atom. The number of amides is 1. The first-order valence-electron chi connectivity index (χ1n) is 3.10. The van der Waals surface area contributed by atoms with E-state index in [-0.39, 0.29) is 19.0 Å². The van der Waals surface area contributed by atoms with Crippen molar-refractivity contribution in [1.82, 2.24) is 0 Å². The molecule has 0 spiro atoms. The summed E-state index contributed by atoms with van der Waals surface area (Å²) in [7, 11) is 0. The molecule has 0 rings (SSSR count). The maximum Gasteiger partial charge on any atom is 0.305 e. The molecule has 0 saturated carbocycles. The van der Waals surface area contributed by atoms with Gasteiger partial charge in [-0.2, -0.15) is 0 Å². The normalized spacial score (nSPS) is 8.90. The van der Waals surface area contributed by atoms with Gasteiger partial charge in [-0.1, -0.05) is 6.92 Å². The second kappa shape index (κ2) is 4.78. The van der Waals surface area contributed by atoms with E-state index >= 15 is 0 Å². The third kappa shape index (κ3) is 5.08. The van der Waals surface area contributed by atoms with E-state index < -0.39 is 5.91 Å². The first kappa shape index (κ1) is 8.94. The molecule has 0 aliphatic carbocycles. The molecule has 0 aromatic rings. The summed E-state index contributed by atoms with van der Waals surface area (Å²) in [4.78, 5) is 20.5. The van der Waals surface area contributed by atoms with Crippen molar-refractivity contribution in [1.29, 1.82) is 0 Å². The van der Waals surface area contributed by atoms with Crippen molar-refractivity contribution in [3.05, 3.63) is 0 Å². The Balaban J connectivity index is 3.20. The van der Waals surface area contributed by atoms with Gasteiger partial charge in [0.15, 0.2) is 0 Å². The average Bonchev–Trinajstić information content (AvgIpc) is 1.87. The molecule has 2 N–H and O–H groups in total. The number of carbonyl (C=O) groups excluding carboxylic acids is 2. The molecule has 0 fully saturated rings. The Hall–Kier alpha value is -1.06. The van der Waals surface area contributed by atoms with Crippen LogP contribution in [0.3, 0.4) is 0 Å². The predicted octanol–water partition coefficient (Wildman–Crippen LogP) is -0.185. The zero-order chi connectivity index (χ0) is 7.98. The molecular formula is C6H11NO3. The second-order valence-corrected chi connectivity index (χ2v) is 1.79. The number of hydrogen-bond donors (Lipinski definition) is 1.